The molecule has 1 saturated carbocycles. The Labute approximate surface area is 196 Å². The maximum absolute atomic E-state index is 5.87. The molecule has 0 N–H and O–H groups in total. The number of para-hydroxylation sites is 2. The Balaban J connectivity index is 1.49. The lowest BCUT2D eigenvalue weighted by Gasteiger charge is -2.18. The number of oxime groups is 1. The lowest BCUT2D eigenvalue weighted by molar-refractivity contribution is 0.219. The number of rotatable bonds is 8. The van der Waals surface area contributed by atoms with Crippen molar-refractivity contribution in [2.45, 2.75) is 58.8 Å². The molecule has 1 aromatic heterocycles. The Bertz CT molecular complexity index is 1270. The molecule has 1 aliphatic rings. The highest BCUT2D eigenvalue weighted by molar-refractivity contribution is 6.09. The van der Waals surface area contributed by atoms with Gasteiger partial charge in [0.15, 0.2) is 0 Å². The first-order valence-corrected chi connectivity index (χ1v) is 12.3. The maximum atomic E-state index is 5.87. The molecule has 0 bridgehead atoms. The number of nitrogens with zero attached hydrogens (tertiary/aromatic N) is 2. The van der Waals surface area contributed by atoms with Gasteiger partial charge in [-0.05, 0) is 74.4 Å². The van der Waals surface area contributed by atoms with Crippen LogP contribution in [0.3, 0.4) is 0 Å². The maximum Gasteiger partial charge on any atom is 0.131 e. The molecule has 0 radical (unpaired) electrons. The van der Waals surface area contributed by atoms with Gasteiger partial charge in [0.1, 0.15) is 5.76 Å². The first-order valence-electron chi connectivity index (χ1n) is 12.3. The van der Waals surface area contributed by atoms with Crippen LogP contribution in [0.25, 0.3) is 27.5 Å². The summed E-state index contributed by atoms with van der Waals surface area (Å²) >= 11 is 0. The first-order chi connectivity index (χ1) is 16.3. The molecule has 5 rings (SSSR count). The normalized spacial score (nSPS) is 14.0. The van der Waals surface area contributed by atoms with Crippen molar-refractivity contribution in [3.63, 3.8) is 0 Å². The van der Waals surface area contributed by atoms with Crippen LogP contribution < -0.4 is 0 Å². The highest BCUT2D eigenvalue weighted by atomic mass is 16.6. The summed E-state index contributed by atoms with van der Waals surface area (Å²) in [5, 5.41) is 7.18. The quantitative estimate of drug-likeness (QED) is 0.118. The average molecular weight is 437 g/mol. The Morgan fingerprint density at radius 1 is 0.848 bits per heavy atom. The van der Waals surface area contributed by atoms with Crippen molar-refractivity contribution in [2.24, 2.45) is 5.16 Å². The highest BCUT2D eigenvalue weighted by Crippen LogP contribution is 2.32. The molecule has 3 nitrogen and oxygen atoms in total. The minimum absolute atomic E-state index is 0.936. The van der Waals surface area contributed by atoms with Crippen LogP contribution in [0.4, 0.5) is 0 Å². The van der Waals surface area contributed by atoms with Gasteiger partial charge in [-0.1, -0.05) is 73.5 Å². The van der Waals surface area contributed by atoms with Crippen LogP contribution in [0.15, 0.2) is 89.3 Å². The van der Waals surface area contributed by atoms with Gasteiger partial charge in [-0.15, -0.1) is 0 Å². The predicted octanol–water partition coefficient (Wildman–Crippen LogP) is 8.54. The third-order valence-corrected chi connectivity index (χ3v) is 6.80. The first kappa shape index (κ1) is 21.5. The van der Waals surface area contributed by atoms with E-state index in [1.54, 1.807) is 0 Å². The second kappa shape index (κ2) is 9.66. The number of aromatic nitrogens is 1. The smallest absolute Gasteiger partial charge is 0.131 e. The standard InChI is InChI=1S/C30H32N2O/c1-3-4-5-15-28(31-33-22(2)23-11-10-12-23)24-18-20-25(21-19-24)32-29-16-8-6-13-26(29)27-14-7-9-17-30(27)32/h6-9,13-14,16-21H,3-5,10-12,15H2,1-2H3/b31-28-. The Morgan fingerprint density at radius 3 is 2.06 bits per heavy atom. The zero-order valence-electron chi connectivity index (χ0n) is 19.7. The lowest BCUT2D eigenvalue weighted by Crippen LogP contribution is -2.05. The van der Waals surface area contributed by atoms with Gasteiger partial charge in [-0.3, -0.25) is 0 Å². The van der Waals surface area contributed by atoms with Gasteiger partial charge in [0.05, 0.1) is 16.7 Å². The minimum Gasteiger partial charge on any atom is -0.362 e. The van der Waals surface area contributed by atoms with Crippen molar-refractivity contribution in [3.8, 4) is 5.69 Å². The van der Waals surface area contributed by atoms with E-state index in [0.717, 1.165) is 48.4 Å². The van der Waals surface area contributed by atoms with Crippen LogP contribution in [-0.2, 0) is 4.84 Å². The van der Waals surface area contributed by atoms with Gasteiger partial charge in [0, 0.05) is 16.5 Å². The fourth-order valence-electron chi connectivity index (χ4n) is 4.68. The highest BCUT2D eigenvalue weighted by Gasteiger charge is 2.14. The zero-order chi connectivity index (χ0) is 22.6. The summed E-state index contributed by atoms with van der Waals surface area (Å²) in [6.07, 6.45) is 8.05. The van der Waals surface area contributed by atoms with E-state index in [0.29, 0.717) is 0 Å². The SMILES string of the molecule is CCCCC/C(=N/OC(C)=C1CCC1)c1ccc(-n2c3ccccc3c3ccccc32)cc1. The van der Waals surface area contributed by atoms with Gasteiger partial charge in [-0.25, -0.2) is 0 Å². The van der Waals surface area contributed by atoms with Crippen LogP contribution in [0, 0.1) is 0 Å². The van der Waals surface area contributed by atoms with Gasteiger partial charge in [0.25, 0.3) is 0 Å². The number of allylic oxidation sites excluding steroid dienone is 2. The summed E-state index contributed by atoms with van der Waals surface area (Å²) in [6.45, 7) is 4.28. The average Bonchev–Trinajstić information content (AvgIpc) is 3.15. The van der Waals surface area contributed by atoms with E-state index in [1.807, 2.05) is 6.92 Å². The van der Waals surface area contributed by atoms with Crippen molar-refractivity contribution >= 4 is 27.5 Å². The van der Waals surface area contributed by atoms with Gasteiger partial charge >= 0.3 is 0 Å². The van der Waals surface area contributed by atoms with Crippen molar-refractivity contribution in [2.75, 3.05) is 0 Å². The molecule has 3 aromatic carbocycles. The third kappa shape index (κ3) is 4.32. The Hall–Kier alpha value is -3.33. The number of benzene rings is 3. The molecule has 168 valence electrons. The predicted molar refractivity (Wildman–Crippen MR) is 139 cm³/mol. The summed E-state index contributed by atoms with van der Waals surface area (Å²) in [5.41, 5.74) is 7.22. The molecule has 1 aliphatic carbocycles. The molecule has 0 spiro atoms. The van der Waals surface area contributed by atoms with Crippen molar-refractivity contribution in [1.29, 1.82) is 0 Å². The van der Waals surface area contributed by atoms with Gasteiger partial charge in [-0.2, -0.15) is 0 Å². The van der Waals surface area contributed by atoms with E-state index in [4.69, 9.17) is 4.84 Å². The zero-order valence-corrected chi connectivity index (χ0v) is 19.7. The third-order valence-electron chi connectivity index (χ3n) is 6.80. The summed E-state index contributed by atoms with van der Waals surface area (Å²) in [6, 6.07) is 26.1. The van der Waals surface area contributed by atoms with E-state index in [9.17, 15) is 0 Å². The summed E-state index contributed by atoms with van der Waals surface area (Å²) in [4.78, 5) is 5.87. The van der Waals surface area contributed by atoms with Crippen LogP contribution in [-0.4, -0.2) is 10.3 Å². The van der Waals surface area contributed by atoms with Gasteiger partial charge in [0.2, 0.25) is 0 Å². The van der Waals surface area contributed by atoms with Crippen LogP contribution in [0.1, 0.15) is 64.4 Å². The molecule has 1 fully saturated rings. The molecular formula is C30H32N2O. The molecule has 0 saturated heterocycles. The number of hydrogen-bond acceptors (Lipinski definition) is 2. The van der Waals surface area contributed by atoms with Crippen molar-refractivity contribution in [3.05, 3.63) is 89.7 Å². The lowest BCUT2D eigenvalue weighted by atomic mass is 9.92. The molecular weight excluding hydrogens is 404 g/mol. The molecule has 33 heavy (non-hydrogen) atoms. The minimum atomic E-state index is 0.936. The second-order valence-corrected chi connectivity index (χ2v) is 9.02. The largest absolute Gasteiger partial charge is 0.362 e. The monoisotopic (exact) mass is 436 g/mol. The number of unbranched alkanes of at least 4 members (excludes halogenated alkanes) is 2. The van der Waals surface area contributed by atoms with Crippen LogP contribution >= 0.6 is 0 Å². The summed E-state index contributed by atoms with van der Waals surface area (Å²) in [7, 11) is 0. The molecule has 1 heterocycles. The molecule has 0 aliphatic heterocycles. The van der Waals surface area contributed by atoms with Gasteiger partial charge < -0.3 is 9.40 Å². The van der Waals surface area contributed by atoms with Crippen LogP contribution in [0.5, 0.6) is 0 Å². The summed E-state index contributed by atoms with van der Waals surface area (Å²) in [5.74, 6) is 0.983. The number of fused-ring (bicyclic) bond motifs is 3. The van der Waals surface area contributed by atoms with E-state index in [2.05, 4.69) is 89.4 Å². The van der Waals surface area contributed by atoms with Crippen molar-refractivity contribution < 1.29 is 4.84 Å². The second-order valence-electron chi connectivity index (χ2n) is 9.02. The van der Waals surface area contributed by atoms with Crippen LogP contribution in [0.2, 0.25) is 0 Å². The molecule has 0 amide bonds. The molecule has 0 unspecified atom stereocenters. The molecule has 4 aromatic rings. The topological polar surface area (TPSA) is 26.5 Å². The molecule has 3 heteroatoms. The van der Waals surface area contributed by atoms with E-state index < -0.39 is 0 Å². The Morgan fingerprint density at radius 2 is 1.48 bits per heavy atom. The summed E-state index contributed by atoms with van der Waals surface area (Å²) < 4.78 is 2.35. The Kier molecular flexibility index (Phi) is 6.30. The fraction of sp³-hybridized carbons (Fsp3) is 0.300. The van der Waals surface area contributed by atoms with Crippen molar-refractivity contribution in [1.82, 2.24) is 4.57 Å². The van der Waals surface area contributed by atoms with E-state index in [1.165, 1.54) is 46.6 Å². The van der Waals surface area contributed by atoms with E-state index >= 15 is 0 Å². The molecule has 0 atom stereocenters. The fourth-order valence-corrected chi connectivity index (χ4v) is 4.68. The van der Waals surface area contributed by atoms with E-state index in [-0.39, 0.29) is 0 Å². The number of hydrogen-bond donors (Lipinski definition) is 0.